The molecule has 1 unspecified atom stereocenters. The van der Waals surface area contributed by atoms with Crippen molar-refractivity contribution in [3.8, 4) is 0 Å². The van der Waals surface area contributed by atoms with Crippen molar-refractivity contribution in [1.82, 2.24) is 10.0 Å². The van der Waals surface area contributed by atoms with E-state index in [1.807, 2.05) is 13.8 Å². The molecule has 4 N–H and O–H groups in total. The third-order valence-corrected chi connectivity index (χ3v) is 4.51. The molecule has 0 aliphatic heterocycles. The van der Waals surface area contributed by atoms with Gasteiger partial charge in [0.1, 0.15) is 4.90 Å². The van der Waals surface area contributed by atoms with E-state index in [1.165, 1.54) is 25.1 Å². The first-order chi connectivity index (χ1) is 9.63. The van der Waals surface area contributed by atoms with Gasteiger partial charge in [0.25, 0.3) is 0 Å². The van der Waals surface area contributed by atoms with Gasteiger partial charge in [-0.3, -0.25) is 4.79 Å². The van der Waals surface area contributed by atoms with Gasteiger partial charge >= 0.3 is 0 Å². The molecule has 0 aliphatic rings. The van der Waals surface area contributed by atoms with Crippen LogP contribution < -0.4 is 15.8 Å². The van der Waals surface area contributed by atoms with Gasteiger partial charge in [-0.15, -0.1) is 0 Å². The van der Waals surface area contributed by atoms with Crippen molar-refractivity contribution in [1.29, 1.82) is 0 Å². The van der Waals surface area contributed by atoms with E-state index in [0.29, 0.717) is 6.54 Å². The highest BCUT2D eigenvalue weighted by atomic mass is 35.5. The summed E-state index contributed by atoms with van der Waals surface area (Å²) in [6.07, 6.45) is 0. The Morgan fingerprint density at radius 1 is 1.33 bits per heavy atom. The molecule has 0 radical (unpaired) electrons. The summed E-state index contributed by atoms with van der Waals surface area (Å²) in [6.45, 7) is 5.84. The lowest BCUT2D eigenvalue weighted by atomic mass is 10.2. The zero-order valence-electron chi connectivity index (χ0n) is 12.2. The Hall–Kier alpha value is -1.31. The molecule has 0 bridgehead atoms. The molecule has 1 rings (SSSR count). The Morgan fingerprint density at radius 2 is 1.95 bits per heavy atom. The number of carbonyl (C=O) groups excluding carboxylic acids is 1. The summed E-state index contributed by atoms with van der Waals surface area (Å²) in [5.41, 5.74) is 5.72. The second kappa shape index (κ2) is 7.11. The van der Waals surface area contributed by atoms with E-state index >= 15 is 0 Å². The molecule has 0 saturated heterocycles. The van der Waals surface area contributed by atoms with Gasteiger partial charge in [-0.1, -0.05) is 25.4 Å². The Bertz CT molecular complexity index is 617. The molecule has 0 fully saturated rings. The van der Waals surface area contributed by atoms with Crippen molar-refractivity contribution >= 4 is 33.2 Å². The van der Waals surface area contributed by atoms with Crippen LogP contribution in [0.25, 0.3) is 0 Å². The van der Waals surface area contributed by atoms with Crippen LogP contribution in [0.1, 0.15) is 20.8 Å². The number of hydrogen-bond acceptors (Lipinski definition) is 4. The minimum atomic E-state index is -3.92. The standard InChI is InChI=1S/C13H20ClN3O3S/c1-8(2)7-16-13(18)9(3)17-21(19,20)12-6-10(14)4-5-11(12)15/h4-6,8-9,17H,7,15H2,1-3H3,(H,16,18). The molecule has 0 saturated carbocycles. The summed E-state index contributed by atoms with van der Waals surface area (Å²) in [6, 6.07) is 3.24. The molecular weight excluding hydrogens is 314 g/mol. The first kappa shape index (κ1) is 17.7. The Kier molecular flexibility index (Phi) is 6.00. The van der Waals surface area contributed by atoms with E-state index < -0.39 is 22.0 Å². The van der Waals surface area contributed by atoms with Gasteiger partial charge in [0.15, 0.2) is 0 Å². The highest BCUT2D eigenvalue weighted by Crippen LogP contribution is 2.22. The number of hydrogen-bond donors (Lipinski definition) is 3. The summed E-state index contributed by atoms with van der Waals surface area (Å²) in [4.78, 5) is 11.7. The smallest absolute Gasteiger partial charge is 0.243 e. The number of carbonyl (C=O) groups is 1. The first-order valence-corrected chi connectivity index (χ1v) is 8.34. The third-order valence-electron chi connectivity index (χ3n) is 2.67. The van der Waals surface area contributed by atoms with Crippen LogP contribution in [-0.4, -0.2) is 26.9 Å². The second-order valence-electron chi connectivity index (χ2n) is 5.16. The van der Waals surface area contributed by atoms with E-state index in [0.717, 1.165) is 0 Å². The molecule has 6 nitrogen and oxygen atoms in total. The maximum atomic E-state index is 12.2. The number of rotatable bonds is 6. The van der Waals surface area contributed by atoms with Gasteiger partial charge in [0.2, 0.25) is 15.9 Å². The number of sulfonamides is 1. The molecule has 1 aromatic carbocycles. The third kappa shape index (κ3) is 5.18. The van der Waals surface area contributed by atoms with E-state index in [4.69, 9.17) is 17.3 Å². The normalized spacial score (nSPS) is 13.2. The maximum absolute atomic E-state index is 12.2. The Labute approximate surface area is 130 Å². The fraction of sp³-hybridized carbons (Fsp3) is 0.462. The van der Waals surface area contributed by atoms with E-state index in [9.17, 15) is 13.2 Å². The monoisotopic (exact) mass is 333 g/mol. The van der Waals surface area contributed by atoms with Crippen LogP contribution in [0.4, 0.5) is 5.69 Å². The number of benzene rings is 1. The zero-order valence-corrected chi connectivity index (χ0v) is 13.8. The summed E-state index contributed by atoms with van der Waals surface area (Å²) >= 11 is 5.78. The van der Waals surface area contributed by atoms with Crippen molar-refractivity contribution in [2.45, 2.75) is 31.7 Å². The fourth-order valence-electron chi connectivity index (χ4n) is 1.55. The van der Waals surface area contributed by atoms with Crippen LogP contribution in [0.5, 0.6) is 0 Å². The van der Waals surface area contributed by atoms with Crippen molar-refractivity contribution in [2.75, 3.05) is 12.3 Å². The van der Waals surface area contributed by atoms with E-state index in [1.54, 1.807) is 0 Å². The molecule has 0 aromatic heterocycles. The van der Waals surface area contributed by atoms with Gasteiger partial charge in [-0.25, -0.2) is 8.42 Å². The van der Waals surface area contributed by atoms with Gasteiger partial charge in [0.05, 0.1) is 11.7 Å². The number of anilines is 1. The number of nitrogens with one attached hydrogen (secondary N) is 2. The highest BCUT2D eigenvalue weighted by molar-refractivity contribution is 7.89. The predicted molar refractivity (Wildman–Crippen MR) is 83.5 cm³/mol. The second-order valence-corrected chi connectivity index (χ2v) is 7.28. The molecule has 0 aliphatic carbocycles. The van der Waals surface area contributed by atoms with Crippen LogP contribution in [-0.2, 0) is 14.8 Å². The molecule has 1 atom stereocenters. The molecule has 21 heavy (non-hydrogen) atoms. The van der Waals surface area contributed by atoms with Crippen LogP contribution in [0.3, 0.4) is 0 Å². The van der Waals surface area contributed by atoms with E-state index in [-0.39, 0.29) is 21.5 Å². The van der Waals surface area contributed by atoms with Crippen LogP contribution in [0.15, 0.2) is 23.1 Å². The lowest BCUT2D eigenvalue weighted by Gasteiger charge is -2.16. The maximum Gasteiger partial charge on any atom is 0.243 e. The number of nitrogen functional groups attached to an aromatic ring is 1. The van der Waals surface area contributed by atoms with Gasteiger partial charge in [0, 0.05) is 11.6 Å². The fourth-order valence-corrected chi connectivity index (χ4v) is 3.15. The average molecular weight is 334 g/mol. The van der Waals surface area contributed by atoms with Crippen LogP contribution in [0, 0.1) is 5.92 Å². The van der Waals surface area contributed by atoms with Crippen molar-refractivity contribution in [3.05, 3.63) is 23.2 Å². The summed E-state index contributed by atoms with van der Waals surface area (Å²) in [5.74, 6) is -0.116. The Morgan fingerprint density at radius 3 is 2.52 bits per heavy atom. The zero-order chi connectivity index (χ0) is 16.2. The van der Waals surface area contributed by atoms with Crippen molar-refractivity contribution in [3.63, 3.8) is 0 Å². The topological polar surface area (TPSA) is 101 Å². The molecule has 1 amide bonds. The number of nitrogens with two attached hydrogens (primary N) is 1. The van der Waals surface area contributed by atoms with Gasteiger partial charge in [-0.2, -0.15) is 4.72 Å². The molecule has 8 heteroatoms. The quantitative estimate of drug-likeness (QED) is 0.684. The lowest BCUT2D eigenvalue weighted by Crippen LogP contribution is -2.45. The SMILES string of the molecule is CC(C)CNC(=O)C(C)NS(=O)(=O)c1cc(Cl)ccc1N. The molecule has 1 aromatic rings. The molecular formula is C13H20ClN3O3S. The first-order valence-electron chi connectivity index (χ1n) is 6.48. The number of amides is 1. The summed E-state index contributed by atoms with van der Waals surface area (Å²) < 4.78 is 26.7. The minimum Gasteiger partial charge on any atom is -0.398 e. The Balaban J connectivity index is 2.85. The van der Waals surface area contributed by atoms with E-state index in [2.05, 4.69) is 10.0 Å². The summed E-state index contributed by atoms with van der Waals surface area (Å²) in [5, 5.41) is 2.91. The predicted octanol–water partition coefficient (Wildman–Crippen LogP) is 1.36. The number of halogens is 1. The molecule has 0 spiro atoms. The van der Waals surface area contributed by atoms with Crippen molar-refractivity contribution in [2.24, 2.45) is 5.92 Å². The highest BCUT2D eigenvalue weighted by Gasteiger charge is 2.24. The largest absolute Gasteiger partial charge is 0.398 e. The van der Waals surface area contributed by atoms with Gasteiger partial charge < -0.3 is 11.1 Å². The average Bonchev–Trinajstić information content (AvgIpc) is 2.37. The van der Waals surface area contributed by atoms with Crippen LogP contribution >= 0.6 is 11.6 Å². The minimum absolute atomic E-state index is 0.0710. The lowest BCUT2D eigenvalue weighted by molar-refractivity contribution is -0.122. The molecule has 0 heterocycles. The van der Waals surface area contributed by atoms with Crippen molar-refractivity contribution < 1.29 is 13.2 Å². The van der Waals surface area contributed by atoms with Crippen LogP contribution in [0.2, 0.25) is 5.02 Å². The summed E-state index contributed by atoms with van der Waals surface area (Å²) in [7, 11) is -3.92. The molecule has 118 valence electrons. The van der Waals surface area contributed by atoms with Gasteiger partial charge in [-0.05, 0) is 31.0 Å².